The second-order valence-electron chi connectivity index (χ2n) is 4.03. The molecule has 1 aliphatic carbocycles. The summed E-state index contributed by atoms with van der Waals surface area (Å²) in [7, 11) is -3.97. The van der Waals surface area contributed by atoms with Crippen molar-refractivity contribution < 1.29 is 18.5 Å². The van der Waals surface area contributed by atoms with Gasteiger partial charge in [-0.25, -0.2) is 4.57 Å². The summed E-state index contributed by atoms with van der Waals surface area (Å²) in [6.07, 6.45) is 5.80. The van der Waals surface area contributed by atoms with E-state index in [0.29, 0.717) is 12.2 Å². The fourth-order valence-electron chi connectivity index (χ4n) is 1.01. The van der Waals surface area contributed by atoms with Crippen molar-refractivity contribution in [3.05, 3.63) is 24.0 Å². The van der Waals surface area contributed by atoms with Gasteiger partial charge in [-0.15, -0.1) is 0 Å². The maximum absolute atomic E-state index is 11.4. The Bertz CT molecular complexity index is 311. The van der Waals surface area contributed by atoms with Crippen LogP contribution in [0, 0.1) is 0 Å². The van der Waals surface area contributed by atoms with Crippen LogP contribution in [0.3, 0.4) is 0 Å². The monoisotopic (exact) mass is 218 g/mol. The van der Waals surface area contributed by atoms with E-state index in [1.165, 1.54) is 0 Å². The molecule has 1 unspecified atom stereocenters. The minimum absolute atomic E-state index is 0.458. The largest absolute Gasteiger partial charge is 0.527 e. The minimum atomic E-state index is -3.97. The van der Waals surface area contributed by atoms with E-state index in [0.717, 1.165) is 0 Å². The van der Waals surface area contributed by atoms with Gasteiger partial charge in [0.1, 0.15) is 5.76 Å². The molecule has 0 fully saturated rings. The van der Waals surface area contributed by atoms with Crippen molar-refractivity contribution in [3.63, 3.8) is 0 Å². The average Bonchev–Trinajstić information content (AvgIpc) is 2.31. The molecule has 1 rings (SSSR count). The van der Waals surface area contributed by atoms with Crippen LogP contribution < -0.4 is 0 Å². The van der Waals surface area contributed by atoms with Crippen LogP contribution in [0.1, 0.15) is 27.2 Å². The van der Waals surface area contributed by atoms with Gasteiger partial charge in [0.15, 0.2) is 0 Å². The lowest BCUT2D eigenvalue weighted by molar-refractivity contribution is 0.0734. The lowest BCUT2D eigenvalue weighted by atomic mass is 10.2. The van der Waals surface area contributed by atoms with Crippen molar-refractivity contribution in [3.8, 4) is 0 Å². The molecule has 0 saturated heterocycles. The molecule has 1 N–H and O–H groups in total. The van der Waals surface area contributed by atoms with Gasteiger partial charge in [-0.2, -0.15) is 0 Å². The smallest absolute Gasteiger partial charge is 0.408 e. The maximum atomic E-state index is 11.4. The molecule has 0 saturated carbocycles. The van der Waals surface area contributed by atoms with Gasteiger partial charge in [0.25, 0.3) is 0 Å². The molecule has 0 aliphatic heterocycles. The third-order valence-corrected chi connectivity index (χ3v) is 2.60. The molecule has 1 aliphatic rings. The molecule has 0 aromatic carbocycles. The summed E-state index contributed by atoms with van der Waals surface area (Å²) in [6.45, 7) is 5.08. The van der Waals surface area contributed by atoms with E-state index in [1.54, 1.807) is 32.9 Å². The topological polar surface area (TPSA) is 55.8 Å². The Morgan fingerprint density at radius 1 is 1.50 bits per heavy atom. The molecule has 5 heteroatoms. The van der Waals surface area contributed by atoms with Crippen molar-refractivity contribution in [1.29, 1.82) is 0 Å². The Labute approximate surface area is 83.8 Å². The van der Waals surface area contributed by atoms with E-state index in [2.05, 4.69) is 0 Å². The molecule has 4 nitrogen and oxygen atoms in total. The normalized spacial score (nSPS) is 20.4. The van der Waals surface area contributed by atoms with Crippen LogP contribution >= 0.6 is 7.82 Å². The number of hydrogen-bond acceptors (Lipinski definition) is 3. The summed E-state index contributed by atoms with van der Waals surface area (Å²) in [5, 5.41) is 0. The van der Waals surface area contributed by atoms with Crippen LogP contribution in [0.25, 0.3) is 0 Å². The molecule has 0 aromatic heterocycles. The van der Waals surface area contributed by atoms with Crippen molar-refractivity contribution in [2.24, 2.45) is 0 Å². The molecule has 0 heterocycles. The van der Waals surface area contributed by atoms with E-state index >= 15 is 0 Å². The second-order valence-corrected chi connectivity index (χ2v) is 5.33. The molecule has 0 aromatic rings. The van der Waals surface area contributed by atoms with E-state index in [-0.39, 0.29) is 0 Å². The van der Waals surface area contributed by atoms with Crippen LogP contribution in [0.5, 0.6) is 0 Å². The quantitative estimate of drug-likeness (QED) is 0.740. The van der Waals surface area contributed by atoms with Gasteiger partial charge in [0.2, 0.25) is 0 Å². The van der Waals surface area contributed by atoms with Gasteiger partial charge in [-0.05, 0) is 26.8 Å². The highest BCUT2D eigenvalue weighted by Gasteiger charge is 2.30. The van der Waals surface area contributed by atoms with Crippen LogP contribution in [0.4, 0.5) is 0 Å². The standard InChI is InChI=1S/C9H15O4P/c1-9(2,3)13-14(10,11)12-8-6-4-5-7-8/h4-6H,7H2,1-3H3,(H,10,11). The van der Waals surface area contributed by atoms with Gasteiger partial charge < -0.3 is 4.52 Å². The first-order valence-corrected chi connectivity index (χ1v) is 5.87. The lowest BCUT2D eigenvalue weighted by Gasteiger charge is -2.23. The maximum Gasteiger partial charge on any atom is 0.527 e. The predicted octanol–water partition coefficient (Wildman–Crippen LogP) is 2.76. The molecular weight excluding hydrogens is 203 g/mol. The van der Waals surface area contributed by atoms with Crippen molar-refractivity contribution >= 4 is 7.82 Å². The lowest BCUT2D eigenvalue weighted by Crippen LogP contribution is -2.17. The van der Waals surface area contributed by atoms with E-state index in [1.807, 2.05) is 6.08 Å². The molecular formula is C9H15O4P. The summed E-state index contributed by atoms with van der Waals surface area (Å²) in [5.74, 6) is 0.458. The minimum Gasteiger partial charge on any atom is -0.408 e. The predicted molar refractivity (Wildman–Crippen MR) is 53.6 cm³/mol. The molecule has 0 bridgehead atoms. The third kappa shape index (κ3) is 4.09. The summed E-state index contributed by atoms with van der Waals surface area (Å²) in [6, 6.07) is 0. The second kappa shape index (κ2) is 3.89. The van der Waals surface area contributed by atoms with Gasteiger partial charge in [0.05, 0.1) is 5.60 Å². The molecule has 14 heavy (non-hydrogen) atoms. The van der Waals surface area contributed by atoms with E-state index < -0.39 is 13.4 Å². The fourth-order valence-corrected chi connectivity index (χ4v) is 2.17. The van der Waals surface area contributed by atoms with Crippen LogP contribution in [-0.2, 0) is 13.6 Å². The van der Waals surface area contributed by atoms with Gasteiger partial charge in [-0.3, -0.25) is 9.42 Å². The summed E-state index contributed by atoms with van der Waals surface area (Å²) in [5.41, 5.74) is -0.698. The Kier molecular flexibility index (Phi) is 3.20. The number of allylic oxidation sites excluding steroid dienone is 3. The van der Waals surface area contributed by atoms with Crippen LogP contribution in [0.15, 0.2) is 24.0 Å². The first-order chi connectivity index (χ1) is 6.29. The van der Waals surface area contributed by atoms with Gasteiger partial charge >= 0.3 is 7.82 Å². The van der Waals surface area contributed by atoms with Crippen molar-refractivity contribution in [1.82, 2.24) is 0 Å². The first-order valence-electron chi connectivity index (χ1n) is 4.37. The summed E-state index contributed by atoms with van der Waals surface area (Å²) in [4.78, 5) is 9.35. The van der Waals surface area contributed by atoms with Crippen molar-refractivity contribution in [2.75, 3.05) is 0 Å². The van der Waals surface area contributed by atoms with Crippen LogP contribution in [0.2, 0.25) is 0 Å². The first kappa shape index (κ1) is 11.5. The van der Waals surface area contributed by atoms with Crippen LogP contribution in [-0.4, -0.2) is 10.5 Å². The molecule has 1 atom stereocenters. The SMILES string of the molecule is CC(C)(C)OP(=O)(O)OC1=CC=CC1. The number of hydrogen-bond donors (Lipinski definition) is 1. The number of phosphoric acid groups is 1. The third-order valence-electron chi connectivity index (χ3n) is 1.36. The zero-order valence-electron chi connectivity index (χ0n) is 8.56. The Morgan fingerprint density at radius 3 is 2.57 bits per heavy atom. The van der Waals surface area contributed by atoms with Gasteiger partial charge in [0, 0.05) is 6.42 Å². The highest BCUT2D eigenvalue weighted by atomic mass is 31.2. The fraction of sp³-hybridized carbons (Fsp3) is 0.556. The van der Waals surface area contributed by atoms with Gasteiger partial charge in [-0.1, -0.05) is 12.2 Å². The molecule has 0 amide bonds. The van der Waals surface area contributed by atoms with E-state index in [4.69, 9.17) is 9.05 Å². The molecule has 0 spiro atoms. The van der Waals surface area contributed by atoms with Crippen molar-refractivity contribution in [2.45, 2.75) is 32.8 Å². The Hall–Kier alpha value is -0.570. The zero-order chi connectivity index (χ0) is 10.8. The number of phosphoric ester groups is 1. The molecule has 0 radical (unpaired) electrons. The molecule has 80 valence electrons. The number of rotatable bonds is 3. The highest BCUT2D eigenvalue weighted by molar-refractivity contribution is 7.47. The Morgan fingerprint density at radius 2 is 2.14 bits per heavy atom. The van der Waals surface area contributed by atoms with E-state index in [9.17, 15) is 9.46 Å². The summed E-state index contributed by atoms with van der Waals surface area (Å²) >= 11 is 0. The highest BCUT2D eigenvalue weighted by Crippen LogP contribution is 2.49. The average molecular weight is 218 g/mol. The Balaban J connectivity index is 2.54. The summed E-state index contributed by atoms with van der Waals surface area (Å²) < 4.78 is 21.2. The zero-order valence-corrected chi connectivity index (χ0v) is 9.45.